The summed E-state index contributed by atoms with van der Waals surface area (Å²) in [6, 6.07) is 1.91. The van der Waals surface area contributed by atoms with Crippen molar-refractivity contribution in [3.63, 3.8) is 0 Å². The minimum atomic E-state index is -1.52. The van der Waals surface area contributed by atoms with E-state index in [4.69, 9.17) is 10.2 Å². The van der Waals surface area contributed by atoms with Crippen LogP contribution in [0.4, 0.5) is 14.5 Å². The van der Waals surface area contributed by atoms with Crippen LogP contribution in [0.5, 0.6) is 0 Å². The molecule has 0 saturated heterocycles. The summed E-state index contributed by atoms with van der Waals surface area (Å²) in [6.07, 6.45) is 0.377. The Morgan fingerprint density at radius 1 is 1.41 bits per heavy atom. The first-order chi connectivity index (χ1) is 7.97. The molecular weight excluding hydrogens is 232 g/mol. The summed E-state index contributed by atoms with van der Waals surface area (Å²) in [5.41, 5.74) is -0.823. The summed E-state index contributed by atoms with van der Waals surface area (Å²) in [5.74, 6) is -4.13. The molecule has 1 aromatic rings. The van der Waals surface area contributed by atoms with Crippen molar-refractivity contribution < 1.29 is 23.8 Å². The highest BCUT2D eigenvalue weighted by atomic mass is 19.2. The van der Waals surface area contributed by atoms with Gasteiger partial charge in [-0.05, 0) is 25.5 Å². The third-order valence-corrected chi connectivity index (χ3v) is 2.28. The van der Waals surface area contributed by atoms with Crippen LogP contribution < -0.4 is 5.32 Å². The summed E-state index contributed by atoms with van der Waals surface area (Å²) in [4.78, 5) is 10.5. The van der Waals surface area contributed by atoms with Gasteiger partial charge in [0.2, 0.25) is 0 Å². The van der Waals surface area contributed by atoms with Gasteiger partial charge in [-0.1, -0.05) is 0 Å². The van der Waals surface area contributed by atoms with E-state index in [2.05, 4.69) is 5.32 Å². The molecule has 1 atom stereocenters. The van der Waals surface area contributed by atoms with E-state index in [-0.39, 0.29) is 18.3 Å². The van der Waals surface area contributed by atoms with Gasteiger partial charge in [0.05, 0.1) is 11.3 Å². The second-order valence-corrected chi connectivity index (χ2v) is 3.65. The maximum atomic E-state index is 13.5. The molecule has 0 aliphatic carbocycles. The van der Waals surface area contributed by atoms with Crippen LogP contribution >= 0.6 is 0 Å². The Morgan fingerprint density at radius 2 is 2.06 bits per heavy atom. The van der Waals surface area contributed by atoms with Gasteiger partial charge in [-0.25, -0.2) is 13.6 Å². The molecule has 0 saturated carbocycles. The molecule has 0 aliphatic rings. The molecule has 1 aromatic carbocycles. The molecule has 0 bridgehead atoms. The quantitative estimate of drug-likeness (QED) is 0.740. The summed E-state index contributed by atoms with van der Waals surface area (Å²) < 4.78 is 26.8. The zero-order chi connectivity index (χ0) is 13.0. The molecule has 1 rings (SSSR count). The number of anilines is 1. The van der Waals surface area contributed by atoms with Gasteiger partial charge in [-0.15, -0.1) is 0 Å². The number of carbonyl (C=O) groups is 1. The predicted octanol–water partition coefficient (Wildman–Crippen LogP) is 1.85. The molecule has 0 heterocycles. The second kappa shape index (κ2) is 5.58. The Bertz CT molecular complexity index is 423. The second-order valence-electron chi connectivity index (χ2n) is 3.65. The average Bonchev–Trinajstić information content (AvgIpc) is 2.25. The maximum absolute atomic E-state index is 13.5. The van der Waals surface area contributed by atoms with E-state index in [0.717, 1.165) is 12.1 Å². The van der Waals surface area contributed by atoms with Crippen molar-refractivity contribution in [1.29, 1.82) is 0 Å². The highest BCUT2D eigenvalue weighted by Gasteiger charge is 2.18. The summed E-state index contributed by atoms with van der Waals surface area (Å²) >= 11 is 0. The third-order valence-electron chi connectivity index (χ3n) is 2.28. The fraction of sp³-hybridized carbons (Fsp3) is 0.364. The Kier molecular flexibility index (Phi) is 4.39. The van der Waals surface area contributed by atoms with E-state index < -0.39 is 23.2 Å². The standard InChI is InChI=1S/C11H13F2NO3/c1-6(4-5-15)14-8-3-2-7(11(16)17)9(12)10(8)13/h2-3,6,14-15H,4-5H2,1H3,(H,16,17). The van der Waals surface area contributed by atoms with Crippen LogP contribution in [0, 0.1) is 11.6 Å². The van der Waals surface area contributed by atoms with E-state index in [1.807, 2.05) is 0 Å². The maximum Gasteiger partial charge on any atom is 0.338 e. The fourth-order valence-corrected chi connectivity index (χ4v) is 1.36. The van der Waals surface area contributed by atoms with Crippen molar-refractivity contribution >= 4 is 11.7 Å². The molecule has 0 spiro atoms. The lowest BCUT2D eigenvalue weighted by molar-refractivity contribution is 0.0690. The number of rotatable bonds is 5. The molecule has 1 unspecified atom stereocenters. The van der Waals surface area contributed by atoms with Crippen molar-refractivity contribution in [2.24, 2.45) is 0 Å². The van der Waals surface area contributed by atoms with Crippen LogP contribution in [0.1, 0.15) is 23.7 Å². The van der Waals surface area contributed by atoms with Gasteiger partial charge >= 0.3 is 5.97 Å². The Labute approximate surface area is 96.9 Å². The van der Waals surface area contributed by atoms with Crippen LogP contribution in [0.15, 0.2) is 12.1 Å². The SMILES string of the molecule is CC(CCO)Nc1ccc(C(=O)O)c(F)c1F. The lowest BCUT2D eigenvalue weighted by Gasteiger charge is -2.15. The lowest BCUT2D eigenvalue weighted by atomic mass is 10.1. The van der Waals surface area contributed by atoms with E-state index in [9.17, 15) is 13.6 Å². The highest BCUT2D eigenvalue weighted by molar-refractivity contribution is 5.88. The zero-order valence-electron chi connectivity index (χ0n) is 9.20. The van der Waals surface area contributed by atoms with Crippen molar-refractivity contribution in [2.45, 2.75) is 19.4 Å². The van der Waals surface area contributed by atoms with Crippen LogP contribution in [-0.2, 0) is 0 Å². The number of hydrogen-bond donors (Lipinski definition) is 3. The molecule has 6 heteroatoms. The summed E-state index contributed by atoms with van der Waals surface area (Å²) in [5, 5.41) is 19.9. The zero-order valence-corrected chi connectivity index (χ0v) is 9.20. The minimum Gasteiger partial charge on any atom is -0.478 e. The van der Waals surface area contributed by atoms with E-state index >= 15 is 0 Å². The lowest BCUT2D eigenvalue weighted by Crippen LogP contribution is -2.18. The Balaban J connectivity index is 2.96. The first-order valence-corrected chi connectivity index (χ1v) is 5.06. The Hall–Kier alpha value is -1.69. The van der Waals surface area contributed by atoms with Gasteiger partial charge in [0.25, 0.3) is 0 Å². The molecule has 0 radical (unpaired) electrons. The molecule has 4 nitrogen and oxygen atoms in total. The van der Waals surface area contributed by atoms with E-state index in [1.165, 1.54) is 0 Å². The number of aliphatic hydroxyl groups excluding tert-OH is 1. The van der Waals surface area contributed by atoms with Crippen molar-refractivity contribution in [3.8, 4) is 0 Å². The molecule has 17 heavy (non-hydrogen) atoms. The monoisotopic (exact) mass is 245 g/mol. The summed E-state index contributed by atoms with van der Waals surface area (Å²) in [7, 11) is 0. The number of carboxylic acids is 1. The predicted molar refractivity (Wildman–Crippen MR) is 58.1 cm³/mol. The fourth-order valence-electron chi connectivity index (χ4n) is 1.36. The van der Waals surface area contributed by atoms with Gasteiger partial charge < -0.3 is 15.5 Å². The molecular formula is C11H13F2NO3. The number of hydrogen-bond acceptors (Lipinski definition) is 3. The highest BCUT2D eigenvalue weighted by Crippen LogP contribution is 2.21. The van der Waals surface area contributed by atoms with Crippen LogP contribution in [0.25, 0.3) is 0 Å². The van der Waals surface area contributed by atoms with Crippen molar-refractivity contribution in [1.82, 2.24) is 0 Å². The van der Waals surface area contributed by atoms with Gasteiger partial charge in [0, 0.05) is 12.6 Å². The largest absolute Gasteiger partial charge is 0.478 e. The number of aromatic carboxylic acids is 1. The van der Waals surface area contributed by atoms with Crippen molar-refractivity contribution in [2.75, 3.05) is 11.9 Å². The normalized spacial score (nSPS) is 12.2. The minimum absolute atomic E-state index is 0.0779. The molecule has 0 aliphatic heterocycles. The molecule has 94 valence electrons. The third kappa shape index (κ3) is 3.13. The number of benzene rings is 1. The summed E-state index contributed by atoms with van der Waals surface area (Å²) in [6.45, 7) is 1.62. The van der Waals surface area contributed by atoms with Gasteiger partial charge in [0.15, 0.2) is 11.6 Å². The first-order valence-electron chi connectivity index (χ1n) is 5.06. The van der Waals surface area contributed by atoms with Crippen molar-refractivity contribution in [3.05, 3.63) is 29.3 Å². The Morgan fingerprint density at radius 3 is 2.59 bits per heavy atom. The number of nitrogens with one attached hydrogen (secondary N) is 1. The number of halogens is 2. The average molecular weight is 245 g/mol. The first kappa shape index (κ1) is 13.4. The topological polar surface area (TPSA) is 69.6 Å². The van der Waals surface area contributed by atoms with Gasteiger partial charge in [-0.2, -0.15) is 0 Å². The van der Waals surface area contributed by atoms with Gasteiger partial charge in [-0.3, -0.25) is 0 Å². The molecule has 0 amide bonds. The molecule has 0 fully saturated rings. The van der Waals surface area contributed by atoms with Crippen LogP contribution in [0.2, 0.25) is 0 Å². The van der Waals surface area contributed by atoms with Crippen LogP contribution in [0.3, 0.4) is 0 Å². The number of aliphatic hydroxyl groups is 1. The number of carboxylic acid groups (broad SMARTS) is 1. The molecule has 0 aromatic heterocycles. The van der Waals surface area contributed by atoms with Crippen LogP contribution in [-0.4, -0.2) is 28.8 Å². The van der Waals surface area contributed by atoms with E-state index in [0.29, 0.717) is 6.42 Å². The van der Waals surface area contributed by atoms with Gasteiger partial charge in [0.1, 0.15) is 0 Å². The van der Waals surface area contributed by atoms with E-state index in [1.54, 1.807) is 6.92 Å². The molecule has 3 N–H and O–H groups in total. The smallest absolute Gasteiger partial charge is 0.338 e.